The van der Waals surface area contributed by atoms with E-state index in [2.05, 4.69) is 11.5 Å². The molecular formula is C25H18Cl2O2. The lowest BCUT2D eigenvalue weighted by Gasteiger charge is -2.00. The Morgan fingerprint density at radius 3 is 1.34 bits per heavy atom. The van der Waals surface area contributed by atoms with Crippen LogP contribution in [0, 0.1) is 0 Å². The molecule has 0 unspecified atom stereocenters. The van der Waals surface area contributed by atoms with Crippen LogP contribution in [-0.2, 0) is 9.59 Å². The van der Waals surface area contributed by atoms with Crippen molar-refractivity contribution >= 4 is 34.8 Å². The summed E-state index contributed by atoms with van der Waals surface area (Å²) < 4.78 is 0. The second-order valence-corrected chi connectivity index (χ2v) is 6.61. The number of fused-ring (bicyclic) bond motifs is 2. The molecule has 0 saturated heterocycles. The van der Waals surface area contributed by atoms with Crippen molar-refractivity contribution in [2.24, 2.45) is 0 Å². The third-order valence-electron chi connectivity index (χ3n) is 3.64. The lowest BCUT2D eigenvalue weighted by Crippen LogP contribution is -1.91. The van der Waals surface area contributed by atoms with Crippen LogP contribution >= 0.6 is 23.2 Å². The van der Waals surface area contributed by atoms with Crippen molar-refractivity contribution in [3.05, 3.63) is 130 Å². The lowest BCUT2D eigenvalue weighted by molar-refractivity contribution is -0.111. The van der Waals surface area contributed by atoms with Crippen molar-refractivity contribution in [2.75, 3.05) is 0 Å². The Balaban J connectivity index is 2.35. The molecule has 2 bridgehead atoms. The van der Waals surface area contributed by atoms with E-state index in [1.165, 1.54) is 12.2 Å². The van der Waals surface area contributed by atoms with E-state index in [-0.39, 0.29) is 10.1 Å². The van der Waals surface area contributed by atoms with Crippen LogP contribution in [0.1, 0.15) is 6.42 Å². The summed E-state index contributed by atoms with van der Waals surface area (Å²) in [5.74, 6) is -0.932. The zero-order chi connectivity index (χ0) is 20.9. The molecular weight excluding hydrogens is 403 g/mol. The van der Waals surface area contributed by atoms with E-state index in [9.17, 15) is 9.59 Å². The van der Waals surface area contributed by atoms with Gasteiger partial charge in [-0.2, -0.15) is 0 Å². The fraction of sp³-hybridized carbons (Fsp3) is 0.0400. The maximum Gasteiger partial charge on any atom is 0.205 e. The first kappa shape index (κ1) is 22.2. The maximum absolute atomic E-state index is 11.9. The summed E-state index contributed by atoms with van der Waals surface area (Å²) >= 11 is 11.7. The number of carbonyl (C=O) groups excluding carboxylic acids is 2. The minimum absolute atomic E-state index is 0.217. The minimum Gasteiger partial charge on any atom is -0.288 e. The molecule has 0 atom stereocenters. The lowest BCUT2D eigenvalue weighted by atomic mass is 10.0. The predicted octanol–water partition coefficient (Wildman–Crippen LogP) is 6.29. The molecule has 0 aromatic rings. The summed E-state index contributed by atoms with van der Waals surface area (Å²) in [6.45, 7) is 0. The molecule has 29 heavy (non-hydrogen) atoms. The highest BCUT2D eigenvalue weighted by atomic mass is 35.5. The molecule has 0 radical (unpaired) electrons. The van der Waals surface area contributed by atoms with Crippen LogP contribution in [0.25, 0.3) is 0 Å². The molecule has 0 aromatic carbocycles. The van der Waals surface area contributed by atoms with Crippen LogP contribution in [-0.4, -0.2) is 11.6 Å². The highest BCUT2D eigenvalue weighted by molar-refractivity contribution is 6.45. The molecule has 0 heterocycles. The van der Waals surface area contributed by atoms with Gasteiger partial charge in [-0.25, -0.2) is 0 Å². The fourth-order valence-electron chi connectivity index (χ4n) is 2.22. The Morgan fingerprint density at radius 2 is 0.931 bits per heavy atom. The zero-order valence-electron chi connectivity index (χ0n) is 15.5. The Hall–Kier alpha value is -3.12. The number of carbonyl (C=O) groups is 2. The first-order chi connectivity index (χ1) is 14.1. The molecule has 0 aromatic heterocycles. The molecule has 0 amide bonds. The molecule has 144 valence electrons. The Kier molecular flexibility index (Phi) is 9.45. The highest BCUT2D eigenvalue weighted by Crippen LogP contribution is 2.17. The summed E-state index contributed by atoms with van der Waals surface area (Å²) in [6.07, 6.45) is 29.5. The van der Waals surface area contributed by atoms with Gasteiger partial charge in [-0.05, 0) is 41.2 Å². The predicted molar refractivity (Wildman–Crippen MR) is 121 cm³/mol. The number of allylic oxidation sites excluding steroid dienone is 20. The topological polar surface area (TPSA) is 34.1 Å². The van der Waals surface area contributed by atoms with Gasteiger partial charge in [-0.3, -0.25) is 9.59 Å². The standard InChI is InChI=1S/C25H18Cl2O2/c26-22-17-18-23(27)25(29)16-8-4-2-6-12-21-14-10-9-13-20(19-21)11-5-1-3-7-15-24(22)28/h1-16H,19H2/b3-1+,4-2+,11-5-,12-6+,15-7+,16-8-,23-22?. The monoisotopic (exact) mass is 420 g/mol. The molecule has 2 nitrogen and oxygen atoms in total. The Morgan fingerprint density at radius 1 is 0.552 bits per heavy atom. The summed E-state index contributed by atoms with van der Waals surface area (Å²) in [7, 11) is 0. The van der Waals surface area contributed by atoms with Crippen LogP contribution in [0.2, 0.25) is 0 Å². The first-order valence-corrected chi connectivity index (χ1v) is 9.56. The first-order valence-electron chi connectivity index (χ1n) is 8.81. The van der Waals surface area contributed by atoms with Crippen molar-refractivity contribution < 1.29 is 9.59 Å². The summed E-state index contributed by atoms with van der Waals surface area (Å²) in [5.41, 5.74) is 7.09. The van der Waals surface area contributed by atoms with Crippen molar-refractivity contribution in [3.8, 4) is 0 Å². The van der Waals surface area contributed by atoms with Crippen molar-refractivity contribution in [1.82, 2.24) is 0 Å². The van der Waals surface area contributed by atoms with Gasteiger partial charge in [0.25, 0.3) is 0 Å². The van der Waals surface area contributed by atoms with E-state index in [1.807, 2.05) is 60.8 Å². The third kappa shape index (κ3) is 8.62. The average molecular weight is 421 g/mol. The van der Waals surface area contributed by atoms with Gasteiger partial charge in [-0.15, -0.1) is 0 Å². The maximum atomic E-state index is 11.9. The number of hydrogen-bond acceptors (Lipinski definition) is 2. The molecule has 2 aliphatic rings. The largest absolute Gasteiger partial charge is 0.288 e. The number of halogens is 2. The van der Waals surface area contributed by atoms with E-state index in [0.717, 1.165) is 17.6 Å². The van der Waals surface area contributed by atoms with Crippen molar-refractivity contribution in [1.29, 1.82) is 0 Å². The average Bonchev–Trinajstić information content (AvgIpc) is 2.95. The summed E-state index contributed by atoms with van der Waals surface area (Å²) in [5, 5.41) is -0.434. The van der Waals surface area contributed by atoms with E-state index in [0.29, 0.717) is 0 Å². The smallest absolute Gasteiger partial charge is 0.205 e. The fourth-order valence-corrected chi connectivity index (χ4v) is 2.44. The minimum atomic E-state index is -0.466. The zero-order valence-corrected chi connectivity index (χ0v) is 17.0. The molecule has 0 aliphatic heterocycles. The SMILES string of the molecule is O=C1\C=C/C=C/C=C/C2=CC=CC=C(\C=C/C=C/C=C/C(=O)C(Cl)=C=C=C1Cl)C2. The van der Waals surface area contributed by atoms with Gasteiger partial charge in [0, 0.05) is 0 Å². The number of hydrogen-bond donors (Lipinski definition) is 0. The van der Waals surface area contributed by atoms with Crippen LogP contribution < -0.4 is 0 Å². The van der Waals surface area contributed by atoms with Crippen LogP contribution in [0.5, 0.6) is 0 Å². The Labute approximate surface area is 180 Å². The molecule has 2 aliphatic carbocycles. The molecule has 0 N–H and O–H groups in total. The van der Waals surface area contributed by atoms with Crippen molar-refractivity contribution in [2.45, 2.75) is 6.42 Å². The van der Waals surface area contributed by atoms with Crippen molar-refractivity contribution in [3.63, 3.8) is 0 Å². The molecule has 4 heteroatoms. The number of rotatable bonds is 0. The summed E-state index contributed by atoms with van der Waals surface area (Å²) in [4.78, 5) is 23.8. The van der Waals surface area contributed by atoms with Crippen LogP contribution in [0.4, 0.5) is 0 Å². The molecule has 0 spiro atoms. The van der Waals surface area contributed by atoms with E-state index >= 15 is 0 Å². The van der Waals surface area contributed by atoms with Gasteiger partial charge in [0.1, 0.15) is 10.1 Å². The number of ketones is 2. The van der Waals surface area contributed by atoms with Gasteiger partial charge in [0.05, 0.1) is 0 Å². The van der Waals surface area contributed by atoms with Gasteiger partial charge in [0.2, 0.25) is 11.6 Å². The Bertz CT molecular complexity index is 956. The van der Waals surface area contributed by atoms with Gasteiger partial charge in [0.15, 0.2) is 0 Å². The summed E-state index contributed by atoms with van der Waals surface area (Å²) in [6, 6.07) is 0. The molecule has 0 saturated carbocycles. The van der Waals surface area contributed by atoms with Gasteiger partial charge in [-0.1, -0.05) is 108 Å². The van der Waals surface area contributed by atoms with E-state index in [1.54, 1.807) is 24.3 Å². The van der Waals surface area contributed by atoms with E-state index in [4.69, 9.17) is 23.2 Å². The van der Waals surface area contributed by atoms with Gasteiger partial charge < -0.3 is 0 Å². The molecule has 0 fully saturated rings. The normalized spacial score (nSPS) is 24.6. The van der Waals surface area contributed by atoms with E-state index < -0.39 is 11.6 Å². The van der Waals surface area contributed by atoms with Gasteiger partial charge >= 0.3 is 0 Å². The third-order valence-corrected chi connectivity index (χ3v) is 4.20. The highest BCUT2D eigenvalue weighted by Gasteiger charge is 2.02. The van der Waals surface area contributed by atoms with Crippen LogP contribution in [0.15, 0.2) is 130 Å². The second kappa shape index (κ2) is 12.4. The van der Waals surface area contributed by atoms with Crippen LogP contribution in [0.3, 0.4) is 0 Å². The second-order valence-electron chi connectivity index (χ2n) is 5.86. The molecule has 2 rings (SSSR count). The quantitative estimate of drug-likeness (QED) is 0.431.